The van der Waals surface area contributed by atoms with Crippen molar-refractivity contribution in [2.45, 2.75) is 37.8 Å². The van der Waals surface area contributed by atoms with E-state index < -0.39 is 5.50 Å². The summed E-state index contributed by atoms with van der Waals surface area (Å²) in [4.78, 5) is 47.9. The van der Waals surface area contributed by atoms with E-state index in [2.05, 4.69) is 26.6 Å². The molecule has 0 bridgehead atoms. The highest BCUT2D eigenvalue weighted by molar-refractivity contribution is 8.00. The molecule has 4 amide bonds. The third kappa shape index (κ3) is 8.95. The van der Waals surface area contributed by atoms with Crippen LogP contribution < -0.4 is 31.3 Å². The van der Waals surface area contributed by atoms with Gasteiger partial charge in [-0.15, -0.1) is 11.8 Å². The second kappa shape index (κ2) is 12.8. The van der Waals surface area contributed by atoms with Crippen molar-refractivity contribution in [1.82, 2.24) is 16.0 Å². The van der Waals surface area contributed by atoms with Crippen molar-refractivity contribution in [3.05, 3.63) is 54.1 Å². The highest BCUT2D eigenvalue weighted by Crippen LogP contribution is 2.17. The Bertz CT molecular complexity index is 1060. The fraction of sp³-hybridized carbons (Fsp3) is 0.333. The van der Waals surface area contributed by atoms with E-state index in [9.17, 15) is 19.2 Å². The number of hydrogen-bond acceptors (Lipinski definition) is 7. The number of amides is 4. The molecular weight excluding hydrogens is 470 g/mol. The van der Waals surface area contributed by atoms with Crippen molar-refractivity contribution in [1.29, 1.82) is 0 Å². The summed E-state index contributed by atoms with van der Waals surface area (Å²) in [5.74, 6) is 0.0443. The molecule has 2 atom stereocenters. The smallest absolute Gasteiger partial charge is 0.234 e. The summed E-state index contributed by atoms with van der Waals surface area (Å²) < 4.78 is 5.19. The first-order valence-corrected chi connectivity index (χ1v) is 12.1. The summed E-state index contributed by atoms with van der Waals surface area (Å²) in [6.07, 6.45) is 0.317. The van der Waals surface area contributed by atoms with Gasteiger partial charge in [0.1, 0.15) is 11.2 Å². The molecular formula is C24H29N5O5S. The summed E-state index contributed by atoms with van der Waals surface area (Å²) in [7, 11) is 1.59. The van der Waals surface area contributed by atoms with Crippen LogP contribution in [-0.2, 0) is 25.7 Å². The number of hydrogen-bond donors (Lipinski definition) is 5. The third-order valence-corrected chi connectivity index (χ3v) is 6.05. The van der Waals surface area contributed by atoms with Crippen molar-refractivity contribution in [3.8, 4) is 5.75 Å². The number of methoxy groups -OCH3 is 1. The van der Waals surface area contributed by atoms with Crippen LogP contribution in [0.25, 0.3) is 0 Å². The molecule has 2 aromatic rings. The Labute approximate surface area is 207 Å². The van der Waals surface area contributed by atoms with Gasteiger partial charge < -0.3 is 26.0 Å². The summed E-state index contributed by atoms with van der Waals surface area (Å²) in [6.45, 7) is 1.78. The van der Waals surface area contributed by atoms with Gasteiger partial charge in [-0.25, -0.2) is 0 Å². The molecule has 0 spiro atoms. The Balaban J connectivity index is 1.41. The van der Waals surface area contributed by atoms with Crippen LogP contribution in [0.15, 0.2) is 48.5 Å². The lowest BCUT2D eigenvalue weighted by atomic mass is 10.1. The van der Waals surface area contributed by atoms with Crippen LogP contribution >= 0.6 is 11.8 Å². The van der Waals surface area contributed by atoms with Crippen molar-refractivity contribution >= 4 is 46.8 Å². The van der Waals surface area contributed by atoms with Crippen LogP contribution in [0.3, 0.4) is 0 Å². The Morgan fingerprint density at radius 1 is 1.06 bits per heavy atom. The standard InChI is InChI=1S/C24H29N5O5S/c1-15(30)26-17-6-8-18(9-7-17)27-23(33)14-35-24-28-19(12-22(32)29-24)11-21(31)25-13-16-4-3-5-20(10-16)34-2/h3-10,19,24,28H,11-14H2,1-2H3,(H,25,31)(H,26,30)(H,27,33)(H,29,32). The van der Waals surface area contributed by atoms with Gasteiger partial charge in [-0.05, 0) is 42.0 Å². The number of thioether (sulfide) groups is 1. The van der Waals surface area contributed by atoms with Crippen LogP contribution in [-0.4, -0.2) is 48.0 Å². The van der Waals surface area contributed by atoms with E-state index in [0.29, 0.717) is 23.7 Å². The van der Waals surface area contributed by atoms with Gasteiger partial charge in [0, 0.05) is 43.7 Å². The zero-order valence-corrected chi connectivity index (χ0v) is 20.4. The average Bonchev–Trinajstić information content (AvgIpc) is 2.82. The van der Waals surface area contributed by atoms with Crippen molar-refractivity contribution < 1.29 is 23.9 Å². The lowest BCUT2D eigenvalue weighted by Gasteiger charge is -2.30. The molecule has 3 rings (SSSR count). The zero-order valence-electron chi connectivity index (χ0n) is 19.6. The number of anilines is 2. The quantitative estimate of drug-likeness (QED) is 0.336. The molecule has 0 aliphatic carbocycles. The second-order valence-electron chi connectivity index (χ2n) is 7.97. The van der Waals surface area contributed by atoms with Gasteiger partial charge in [0.15, 0.2) is 0 Å². The van der Waals surface area contributed by atoms with E-state index in [1.54, 1.807) is 31.4 Å². The van der Waals surface area contributed by atoms with Gasteiger partial charge in [-0.1, -0.05) is 12.1 Å². The number of ether oxygens (including phenoxy) is 1. The molecule has 11 heteroatoms. The molecule has 0 aromatic heterocycles. The van der Waals surface area contributed by atoms with Gasteiger partial charge in [-0.2, -0.15) is 0 Å². The molecule has 0 radical (unpaired) electrons. The normalized spacial score (nSPS) is 17.1. The molecule has 1 aliphatic heterocycles. The molecule has 2 unspecified atom stereocenters. The molecule has 1 fully saturated rings. The van der Waals surface area contributed by atoms with Gasteiger partial charge in [0.25, 0.3) is 0 Å². The molecule has 1 saturated heterocycles. The largest absolute Gasteiger partial charge is 0.497 e. The summed E-state index contributed by atoms with van der Waals surface area (Å²) in [6, 6.07) is 13.9. The van der Waals surface area contributed by atoms with Crippen LogP contribution in [0.5, 0.6) is 5.75 Å². The minimum Gasteiger partial charge on any atom is -0.497 e. The number of rotatable bonds is 10. The second-order valence-corrected chi connectivity index (χ2v) is 9.06. The minimum absolute atomic E-state index is 0.0974. The maximum Gasteiger partial charge on any atom is 0.234 e. The summed E-state index contributed by atoms with van der Waals surface area (Å²) in [5.41, 5.74) is 1.66. The Morgan fingerprint density at radius 2 is 1.77 bits per heavy atom. The van der Waals surface area contributed by atoms with E-state index >= 15 is 0 Å². The zero-order chi connectivity index (χ0) is 25.2. The fourth-order valence-corrected chi connectivity index (χ4v) is 4.33. The molecule has 35 heavy (non-hydrogen) atoms. The lowest BCUT2D eigenvalue weighted by Crippen LogP contribution is -2.56. The van der Waals surface area contributed by atoms with E-state index in [4.69, 9.17) is 4.74 Å². The number of nitrogens with one attached hydrogen (secondary N) is 5. The van der Waals surface area contributed by atoms with Gasteiger partial charge in [0.05, 0.1) is 12.9 Å². The Morgan fingerprint density at radius 3 is 2.46 bits per heavy atom. The van der Waals surface area contributed by atoms with Crippen molar-refractivity contribution in [3.63, 3.8) is 0 Å². The first kappa shape index (κ1) is 26.0. The minimum atomic E-state index is -0.486. The van der Waals surface area contributed by atoms with Crippen LogP contribution in [0, 0.1) is 0 Å². The predicted octanol–water partition coefficient (Wildman–Crippen LogP) is 1.79. The van der Waals surface area contributed by atoms with E-state index in [1.807, 2.05) is 24.3 Å². The summed E-state index contributed by atoms with van der Waals surface area (Å²) >= 11 is 1.23. The lowest BCUT2D eigenvalue weighted by molar-refractivity contribution is -0.125. The van der Waals surface area contributed by atoms with Crippen molar-refractivity contribution in [2.24, 2.45) is 0 Å². The number of benzene rings is 2. The van der Waals surface area contributed by atoms with E-state index in [1.165, 1.54) is 18.7 Å². The third-order valence-electron chi connectivity index (χ3n) is 5.04. The van der Waals surface area contributed by atoms with E-state index in [0.717, 1.165) is 5.56 Å². The monoisotopic (exact) mass is 499 g/mol. The molecule has 1 aliphatic rings. The first-order chi connectivity index (χ1) is 16.8. The number of carbonyl (C=O) groups is 4. The molecule has 10 nitrogen and oxygen atoms in total. The van der Waals surface area contributed by atoms with Crippen LogP contribution in [0.2, 0.25) is 0 Å². The number of carbonyl (C=O) groups excluding carboxylic acids is 4. The SMILES string of the molecule is COc1cccc(CNC(=O)CC2CC(=O)NC(SCC(=O)Nc3ccc(NC(C)=O)cc3)N2)c1. The van der Waals surface area contributed by atoms with Crippen LogP contribution in [0.4, 0.5) is 11.4 Å². The molecule has 2 aromatic carbocycles. The average molecular weight is 500 g/mol. The maximum atomic E-state index is 12.4. The predicted molar refractivity (Wildman–Crippen MR) is 135 cm³/mol. The maximum absolute atomic E-state index is 12.4. The first-order valence-electron chi connectivity index (χ1n) is 11.0. The fourth-order valence-electron chi connectivity index (χ4n) is 3.44. The van der Waals surface area contributed by atoms with Gasteiger partial charge >= 0.3 is 0 Å². The summed E-state index contributed by atoms with van der Waals surface area (Å²) in [5, 5.41) is 14.3. The topological polar surface area (TPSA) is 138 Å². The highest BCUT2D eigenvalue weighted by Gasteiger charge is 2.28. The van der Waals surface area contributed by atoms with Crippen molar-refractivity contribution in [2.75, 3.05) is 23.5 Å². The van der Waals surface area contributed by atoms with Gasteiger partial charge in [-0.3, -0.25) is 24.5 Å². The van der Waals surface area contributed by atoms with E-state index in [-0.39, 0.29) is 48.3 Å². The molecule has 186 valence electrons. The van der Waals surface area contributed by atoms with Gasteiger partial charge in [0.2, 0.25) is 23.6 Å². The molecule has 0 saturated carbocycles. The highest BCUT2D eigenvalue weighted by atomic mass is 32.2. The Kier molecular flexibility index (Phi) is 9.50. The molecule has 1 heterocycles. The molecule has 5 N–H and O–H groups in total. The van der Waals surface area contributed by atoms with Crippen LogP contribution in [0.1, 0.15) is 25.3 Å². The Hall–Kier alpha value is -3.57.